The van der Waals surface area contributed by atoms with E-state index in [0.29, 0.717) is 6.42 Å². The van der Waals surface area contributed by atoms with Crippen LogP contribution in [0, 0.1) is 5.92 Å². The quantitative estimate of drug-likeness (QED) is 0.131. The third-order valence-electron chi connectivity index (χ3n) is 5.09. The standard InChI is InChI=1S/C24H42O4/c1-3-5-6-7-8-9-10-11-12-13-14-15-16-17-18-19-22(24(26)27)21-23(25)28-20-4-2/h3-4,22H,1-2,5-21H2,(H,26,27). The van der Waals surface area contributed by atoms with Gasteiger partial charge in [-0.05, 0) is 19.3 Å². The third kappa shape index (κ3) is 17.8. The van der Waals surface area contributed by atoms with Crippen molar-refractivity contribution < 1.29 is 19.4 Å². The number of aliphatic carboxylic acids is 1. The Bertz CT molecular complexity index is 417. The lowest BCUT2D eigenvalue weighted by atomic mass is 9.97. The van der Waals surface area contributed by atoms with Crippen molar-refractivity contribution in [2.75, 3.05) is 6.61 Å². The Hall–Kier alpha value is -1.58. The van der Waals surface area contributed by atoms with Gasteiger partial charge in [-0.2, -0.15) is 0 Å². The van der Waals surface area contributed by atoms with E-state index in [1.807, 2.05) is 6.08 Å². The molecule has 0 radical (unpaired) electrons. The van der Waals surface area contributed by atoms with Gasteiger partial charge in [0.1, 0.15) is 6.61 Å². The summed E-state index contributed by atoms with van der Waals surface area (Å²) in [5.74, 6) is -1.99. The van der Waals surface area contributed by atoms with E-state index >= 15 is 0 Å². The van der Waals surface area contributed by atoms with E-state index in [1.54, 1.807) is 0 Å². The first-order valence-corrected chi connectivity index (χ1v) is 11.2. The van der Waals surface area contributed by atoms with E-state index in [2.05, 4.69) is 13.2 Å². The minimum atomic E-state index is -0.906. The van der Waals surface area contributed by atoms with Gasteiger partial charge in [0.05, 0.1) is 12.3 Å². The van der Waals surface area contributed by atoms with Crippen molar-refractivity contribution in [2.24, 2.45) is 5.92 Å². The van der Waals surface area contributed by atoms with Crippen LogP contribution in [0.5, 0.6) is 0 Å². The minimum absolute atomic E-state index is 0.0442. The first-order valence-electron chi connectivity index (χ1n) is 11.2. The summed E-state index contributed by atoms with van der Waals surface area (Å²) in [6.07, 6.45) is 21.4. The van der Waals surface area contributed by atoms with Crippen molar-refractivity contribution in [1.82, 2.24) is 0 Å². The van der Waals surface area contributed by atoms with Gasteiger partial charge in [0.2, 0.25) is 0 Å². The van der Waals surface area contributed by atoms with Crippen molar-refractivity contribution in [3.63, 3.8) is 0 Å². The van der Waals surface area contributed by atoms with E-state index in [4.69, 9.17) is 4.74 Å². The zero-order valence-corrected chi connectivity index (χ0v) is 17.8. The number of esters is 1. The monoisotopic (exact) mass is 394 g/mol. The number of carbonyl (C=O) groups excluding carboxylic acids is 1. The molecule has 0 aliphatic carbocycles. The van der Waals surface area contributed by atoms with Crippen LogP contribution in [-0.4, -0.2) is 23.7 Å². The van der Waals surface area contributed by atoms with Crippen molar-refractivity contribution in [3.8, 4) is 0 Å². The number of allylic oxidation sites excluding steroid dienone is 1. The van der Waals surface area contributed by atoms with E-state index in [9.17, 15) is 14.7 Å². The Morgan fingerprint density at radius 2 is 1.21 bits per heavy atom. The van der Waals surface area contributed by atoms with Crippen LogP contribution in [0.15, 0.2) is 25.3 Å². The Morgan fingerprint density at radius 3 is 1.64 bits per heavy atom. The summed E-state index contributed by atoms with van der Waals surface area (Å²) in [6, 6.07) is 0. The molecule has 0 aliphatic rings. The fourth-order valence-electron chi connectivity index (χ4n) is 3.35. The van der Waals surface area contributed by atoms with E-state index in [1.165, 1.54) is 70.3 Å². The highest BCUT2D eigenvalue weighted by atomic mass is 16.5. The van der Waals surface area contributed by atoms with E-state index < -0.39 is 17.9 Å². The zero-order chi connectivity index (χ0) is 20.9. The first kappa shape index (κ1) is 26.4. The van der Waals surface area contributed by atoms with Crippen LogP contribution < -0.4 is 0 Å². The van der Waals surface area contributed by atoms with E-state index in [-0.39, 0.29) is 13.0 Å². The van der Waals surface area contributed by atoms with Gasteiger partial charge in [-0.15, -0.1) is 6.58 Å². The molecule has 0 bridgehead atoms. The fraction of sp³-hybridized carbons (Fsp3) is 0.750. The summed E-state index contributed by atoms with van der Waals surface area (Å²) >= 11 is 0. The maximum absolute atomic E-state index is 11.5. The molecule has 0 saturated heterocycles. The Labute approximate surface area is 172 Å². The molecule has 0 fully saturated rings. The summed E-state index contributed by atoms with van der Waals surface area (Å²) in [4.78, 5) is 22.8. The first-order chi connectivity index (χ1) is 13.6. The number of rotatable bonds is 21. The van der Waals surface area contributed by atoms with Crippen molar-refractivity contribution >= 4 is 11.9 Å². The Kier molecular flexibility index (Phi) is 19.0. The molecule has 0 aromatic carbocycles. The van der Waals surface area contributed by atoms with E-state index in [0.717, 1.165) is 25.7 Å². The summed E-state index contributed by atoms with van der Waals surface area (Å²) < 4.78 is 4.88. The van der Waals surface area contributed by atoms with Crippen LogP contribution in [0.25, 0.3) is 0 Å². The number of hydrogen-bond donors (Lipinski definition) is 1. The van der Waals surface area contributed by atoms with Crippen LogP contribution in [0.4, 0.5) is 0 Å². The molecule has 0 amide bonds. The summed E-state index contributed by atoms with van der Waals surface area (Å²) in [5, 5.41) is 9.23. The molecule has 1 N–H and O–H groups in total. The highest BCUT2D eigenvalue weighted by molar-refractivity contribution is 5.78. The van der Waals surface area contributed by atoms with Crippen molar-refractivity contribution in [1.29, 1.82) is 0 Å². The molecule has 4 nitrogen and oxygen atoms in total. The van der Waals surface area contributed by atoms with Gasteiger partial charge in [0.15, 0.2) is 0 Å². The molecule has 0 heterocycles. The number of hydrogen-bond acceptors (Lipinski definition) is 3. The second kappa shape index (κ2) is 20.2. The molecule has 0 saturated carbocycles. The van der Waals surface area contributed by atoms with Gasteiger partial charge >= 0.3 is 11.9 Å². The molecule has 0 spiro atoms. The van der Waals surface area contributed by atoms with Crippen LogP contribution in [0.1, 0.15) is 103 Å². The lowest BCUT2D eigenvalue weighted by Crippen LogP contribution is -2.19. The largest absolute Gasteiger partial charge is 0.481 e. The maximum atomic E-state index is 11.5. The molecule has 0 aliphatic heterocycles. The minimum Gasteiger partial charge on any atom is -0.481 e. The summed E-state index contributed by atoms with van der Waals surface area (Å²) in [7, 11) is 0. The van der Waals surface area contributed by atoms with Gasteiger partial charge in [-0.25, -0.2) is 0 Å². The van der Waals surface area contributed by atoms with Crippen molar-refractivity contribution in [2.45, 2.75) is 103 Å². The topological polar surface area (TPSA) is 63.6 Å². The maximum Gasteiger partial charge on any atom is 0.307 e. The molecule has 0 aromatic rings. The average molecular weight is 395 g/mol. The predicted molar refractivity (Wildman–Crippen MR) is 116 cm³/mol. The average Bonchev–Trinajstić information content (AvgIpc) is 2.68. The van der Waals surface area contributed by atoms with Gasteiger partial charge in [-0.1, -0.05) is 95.8 Å². The third-order valence-corrected chi connectivity index (χ3v) is 5.09. The number of carboxylic acid groups (broad SMARTS) is 1. The smallest absolute Gasteiger partial charge is 0.307 e. The lowest BCUT2D eigenvalue weighted by molar-refractivity contribution is -0.151. The molecular weight excluding hydrogens is 352 g/mol. The molecule has 28 heavy (non-hydrogen) atoms. The van der Waals surface area contributed by atoms with Gasteiger partial charge in [0, 0.05) is 0 Å². The zero-order valence-electron chi connectivity index (χ0n) is 17.8. The SMILES string of the molecule is C=CCCCCCCCCCCCCCCCC(CC(=O)OCC=C)C(=O)O. The van der Waals surface area contributed by atoms with Crippen LogP contribution in [0.3, 0.4) is 0 Å². The number of carbonyl (C=O) groups is 2. The van der Waals surface area contributed by atoms with Crippen LogP contribution in [0.2, 0.25) is 0 Å². The van der Waals surface area contributed by atoms with Gasteiger partial charge in [-0.3, -0.25) is 9.59 Å². The van der Waals surface area contributed by atoms with Gasteiger partial charge < -0.3 is 9.84 Å². The molecule has 162 valence electrons. The molecule has 1 unspecified atom stereocenters. The Balaban J connectivity index is 3.46. The number of carboxylic acids is 1. The molecular formula is C24H42O4. The number of unbranched alkanes of at least 4 members (excludes halogenated alkanes) is 13. The summed E-state index contributed by atoms with van der Waals surface area (Å²) in [6.45, 7) is 7.36. The van der Waals surface area contributed by atoms with Crippen molar-refractivity contribution in [3.05, 3.63) is 25.3 Å². The van der Waals surface area contributed by atoms with Crippen LogP contribution in [-0.2, 0) is 14.3 Å². The number of ether oxygens (including phenoxy) is 1. The Morgan fingerprint density at radius 1 is 0.750 bits per heavy atom. The lowest BCUT2D eigenvalue weighted by Gasteiger charge is -2.11. The summed E-state index contributed by atoms with van der Waals surface area (Å²) in [5.41, 5.74) is 0. The molecule has 0 rings (SSSR count). The second-order valence-electron chi connectivity index (χ2n) is 7.67. The normalized spacial score (nSPS) is 11.7. The van der Waals surface area contributed by atoms with Gasteiger partial charge in [0.25, 0.3) is 0 Å². The highest BCUT2D eigenvalue weighted by Crippen LogP contribution is 2.17. The fourth-order valence-corrected chi connectivity index (χ4v) is 3.35. The highest BCUT2D eigenvalue weighted by Gasteiger charge is 2.21. The predicted octanol–water partition coefficient (Wildman–Crippen LogP) is 6.84. The molecule has 4 heteroatoms. The second-order valence-corrected chi connectivity index (χ2v) is 7.67. The molecule has 1 atom stereocenters. The molecule has 0 aromatic heterocycles. The van der Waals surface area contributed by atoms with Crippen LogP contribution >= 0.6 is 0 Å².